The SMILES string of the molecule is COc1cc(OC)c(CC(=N)C(=O)c2c(OC)cccc2OC)c(OC)c1. The molecule has 1 N–H and O–H groups in total. The molecule has 2 aromatic carbocycles. The number of ether oxygens (including phenoxy) is 5. The van der Waals surface area contributed by atoms with Crippen molar-refractivity contribution >= 4 is 11.5 Å². The van der Waals surface area contributed by atoms with Crippen LogP contribution in [0.2, 0.25) is 0 Å². The number of Topliss-reactive ketones (excluding diaryl/α,β-unsaturated/α-hetero) is 1. The number of ketones is 1. The van der Waals surface area contributed by atoms with E-state index < -0.39 is 5.78 Å². The van der Waals surface area contributed by atoms with E-state index >= 15 is 0 Å². The number of carbonyl (C=O) groups is 1. The summed E-state index contributed by atoms with van der Waals surface area (Å²) in [7, 11) is 7.47. The van der Waals surface area contributed by atoms with Crippen molar-refractivity contribution in [1.82, 2.24) is 0 Å². The lowest BCUT2D eigenvalue weighted by atomic mass is 9.98. The normalized spacial score (nSPS) is 10.1. The quantitative estimate of drug-likeness (QED) is 0.537. The van der Waals surface area contributed by atoms with Crippen LogP contribution in [-0.4, -0.2) is 47.0 Å². The van der Waals surface area contributed by atoms with E-state index in [9.17, 15) is 4.79 Å². The summed E-state index contributed by atoms with van der Waals surface area (Å²) in [6.45, 7) is 0. The standard InChI is InChI=1S/C20H23NO6/c1-23-12-9-17(26-4)13(18(10-12)27-5)11-14(21)20(22)19-15(24-2)7-6-8-16(19)25-3/h6-10,21H,11H2,1-5H3. The minimum atomic E-state index is -0.496. The summed E-state index contributed by atoms with van der Waals surface area (Å²) in [5.41, 5.74) is 0.631. The molecule has 0 heterocycles. The Morgan fingerprint density at radius 2 is 1.30 bits per heavy atom. The van der Waals surface area contributed by atoms with Gasteiger partial charge < -0.3 is 29.1 Å². The maximum Gasteiger partial charge on any atom is 0.214 e. The fourth-order valence-corrected chi connectivity index (χ4v) is 2.74. The van der Waals surface area contributed by atoms with Crippen molar-refractivity contribution in [3.05, 3.63) is 41.5 Å². The summed E-state index contributed by atoms with van der Waals surface area (Å²) in [5, 5.41) is 8.35. The van der Waals surface area contributed by atoms with Gasteiger partial charge in [-0.2, -0.15) is 0 Å². The Kier molecular flexibility index (Phi) is 6.65. The van der Waals surface area contributed by atoms with Gasteiger partial charge in [0.2, 0.25) is 5.78 Å². The van der Waals surface area contributed by atoms with Crippen molar-refractivity contribution < 1.29 is 28.5 Å². The Morgan fingerprint density at radius 1 is 0.815 bits per heavy atom. The van der Waals surface area contributed by atoms with Crippen molar-refractivity contribution in [2.75, 3.05) is 35.5 Å². The summed E-state index contributed by atoms with van der Waals surface area (Å²) < 4.78 is 26.5. The highest BCUT2D eigenvalue weighted by Gasteiger charge is 2.24. The molecule has 0 fully saturated rings. The van der Waals surface area contributed by atoms with Gasteiger partial charge in [0.15, 0.2) is 0 Å². The zero-order chi connectivity index (χ0) is 20.0. The van der Waals surface area contributed by atoms with E-state index in [1.54, 1.807) is 30.3 Å². The molecule has 0 aromatic heterocycles. The molecule has 0 radical (unpaired) electrons. The second kappa shape index (κ2) is 8.93. The zero-order valence-electron chi connectivity index (χ0n) is 16.0. The minimum absolute atomic E-state index is 0.0103. The van der Waals surface area contributed by atoms with Crippen molar-refractivity contribution in [1.29, 1.82) is 5.41 Å². The Labute approximate surface area is 158 Å². The van der Waals surface area contributed by atoms with Crippen molar-refractivity contribution in [2.24, 2.45) is 0 Å². The molecule has 0 unspecified atom stereocenters. The molecule has 0 aliphatic rings. The predicted molar refractivity (Wildman–Crippen MR) is 101 cm³/mol. The molecule has 0 saturated heterocycles. The monoisotopic (exact) mass is 373 g/mol. The summed E-state index contributed by atoms with van der Waals surface area (Å²) in [6, 6.07) is 8.38. The number of nitrogens with one attached hydrogen (secondary N) is 1. The van der Waals surface area contributed by atoms with Crippen LogP contribution in [-0.2, 0) is 6.42 Å². The number of carbonyl (C=O) groups excluding carboxylic acids is 1. The van der Waals surface area contributed by atoms with Gasteiger partial charge in [-0.3, -0.25) is 4.79 Å². The molecule has 0 spiro atoms. The van der Waals surface area contributed by atoms with Crippen LogP contribution >= 0.6 is 0 Å². The summed E-state index contributed by atoms with van der Waals surface area (Å²) in [6.07, 6.45) is 0.0103. The van der Waals surface area contributed by atoms with Crippen LogP contribution in [0.5, 0.6) is 28.7 Å². The highest BCUT2D eigenvalue weighted by Crippen LogP contribution is 2.35. The second-order valence-electron chi connectivity index (χ2n) is 5.53. The highest BCUT2D eigenvalue weighted by atomic mass is 16.5. The van der Waals surface area contributed by atoms with Crippen LogP contribution in [0.25, 0.3) is 0 Å². The van der Waals surface area contributed by atoms with Gasteiger partial charge in [0.05, 0.1) is 41.3 Å². The average Bonchev–Trinajstić information content (AvgIpc) is 2.72. The molecule has 7 heteroatoms. The van der Waals surface area contributed by atoms with E-state index in [1.807, 2.05) is 0 Å². The lowest BCUT2D eigenvalue weighted by Gasteiger charge is -2.16. The number of hydrogen-bond donors (Lipinski definition) is 1. The molecule has 0 amide bonds. The topological polar surface area (TPSA) is 87.1 Å². The lowest BCUT2D eigenvalue weighted by Crippen LogP contribution is -2.18. The Balaban J connectivity index is 2.43. The molecule has 144 valence electrons. The molecule has 0 bridgehead atoms. The van der Waals surface area contributed by atoms with Crippen LogP contribution in [0.15, 0.2) is 30.3 Å². The van der Waals surface area contributed by atoms with Gasteiger partial charge in [-0.05, 0) is 12.1 Å². The smallest absolute Gasteiger partial charge is 0.214 e. The van der Waals surface area contributed by atoms with E-state index in [-0.39, 0.29) is 17.7 Å². The first-order chi connectivity index (χ1) is 13.0. The lowest BCUT2D eigenvalue weighted by molar-refractivity contribution is 0.105. The minimum Gasteiger partial charge on any atom is -0.496 e. The van der Waals surface area contributed by atoms with Gasteiger partial charge in [0.1, 0.15) is 34.3 Å². The molecule has 0 atom stereocenters. The molecule has 0 aliphatic heterocycles. The van der Waals surface area contributed by atoms with Gasteiger partial charge in [0.25, 0.3) is 0 Å². The third-order valence-electron chi connectivity index (χ3n) is 4.10. The van der Waals surface area contributed by atoms with E-state index in [0.717, 1.165) is 0 Å². The Hall–Kier alpha value is -3.22. The van der Waals surface area contributed by atoms with Crippen LogP contribution in [0, 0.1) is 5.41 Å². The van der Waals surface area contributed by atoms with Gasteiger partial charge in [-0.15, -0.1) is 0 Å². The summed E-state index contributed by atoms with van der Waals surface area (Å²) in [5.74, 6) is 1.68. The van der Waals surface area contributed by atoms with Crippen LogP contribution in [0.4, 0.5) is 0 Å². The molecule has 7 nitrogen and oxygen atoms in total. The first-order valence-corrected chi connectivity index (χ1v) is 8.12. The van der Waals surface area contributed by atoms with Crippen LogP contribution in [0.1, 0.15) is 15.9 Å². The average molecular weight is 373 g/mol. The van der Waals surface area contributed by atoms with E-state index in [4.69, 9.17) is 29.1 Å². The fraction of sp³-hybridized carbons (Fsp3) is 0.300. The molecule has 0 aliphatic carbocycles. The number of rotatable bonds is 9. The molecular weight excluding hydrogens is 350 g/mol. The maximum atomic E-state index is 12.9. The second-order valence-corrected chi connectivity index (χ2v) is 5.53. The zero-order valence-corrected chi connectivity index (χ0v) is 16.0. The summed E-state index contributed by atoms with van der Waals surface area (Å²) >= 11 is 0. The number of hydrogen-bond acceptors (Lipinski definition) is 7. The molecular formula is C20H23NO6. The maximum absolute atomic E-state index is 12.9. The third-order valence-corrected chi connectivity index (χ3v) is 4.10. The third kappa shape index (κ3) is 4.13. The van der Waals surface area contributed by atoms with Crippen molar-refractivity contribution in [2.45, 2.75) is 6.42 Å². The van der Waals surface area contributed by atoms with Crippen LogP contribution in [0.3, 0.4) is 0 Å². The number of benzene rings is 2. The van der Waals surface area contributed by atoms with Crippen molar-refractivity contribution in [3.8, 4) is 28.7 Å². The van der Waals surface area contributed by atoms with Crippen LogP contribution < -0.4 is 23.7 Å². The van der Waals surface area contributed by atoms with Crippen molar-refractivity contribution in [3.63, 3.8) is 0 Å². The van der Waals surface area contributed by atoms with Gasteiger partial charge in [-0.1, -0.05) is 6.07 Å². The molecule has 2 rings (SSSR count). The molecule has 27 heavy (non-hydrogen) atoms. The Bertz CT molecular complexity index is 799. The predicted octanol–water partition coefficient (Wildman–Crippen LogP) is 3.17. The first-order valence-electron chi connectivity index (χ1n) is 8.12. The Morgan fingerprint density at radius 3 is 1.70 bits per heavy atom. The summed E-state index contributed by atoms with van der Waals surface area (Å²) in [4.78, 5) is 12.9. The molecule has 2 aromatic rings. The van der Waals surface area contributed by atoms with Gasteiger partial charge in [0, 0.05) is 24.1 Å². The van der Waals surface area contributed by atoms with Gasteiger partial charge in [-0.25, -0.2) is 0 Å². The van der Waals surface area contributed by atoms with E-state index in [1.165, 1.54) is 35.5 Å². The number of methoxy groups -OCH3 is 5. The highest BCUT2D eigenvalue weighted by molar-refractivity contribution is 6.46. The molecule has 0 saturated carbocycles. The largest absolute Gasteiger partial charge is 0.496 e. The fourth-order valence-electron chi connectivity index (χ4n) is 2.74. The van der Waals surface area contributed by atoms with E-state index in [0.29, 0.717) is 34.3 Å². The first kappa shape index (κ1) is 20.1. The van der Waals surface area contributed by atoms with E-state index in [2.05, 4.69) is 0 Å². The van der Waals surface area contributed by atoms with Gasteiger partial charge >= 0.3 is 0 Å².